The van der Waals surface area contributed by atoms with Gasteiger partial charge in [0.2, 0.25) is 0 Å². The molecule has 0 aromatic heterocycles. The number of nitro groups is 1. The standard InChI is InChI=1S/C15H21NO5/c1-3-5-6-11(4-2)10-21-14-8-7-12(16(19)20)9-13(14)15(17)18/h7-9,11H,3-6,10H2,1-2H3,(H,17,18). The molecule has 0 bridgehead atoms. The van der Waals surface area contributed by atoms with Crippen LogP contribution in [0.3, 0.4) is 0 Å². The molecule has 0 saturated heterocycles. The van der Waals surface area contributed by atoms with Gasteiger partial charge in [-0.25, -0.2) is 4.79 Å². The van der Waals surface area contributed by atoms with E-state index in [9.17, 15) is 14.9 Å². The third-order valence-electron chi connectivity index (χ3n) is 3.42. The van der Waals surface area contributed by atoms with Crippen LogP contribution in [0.25, 0.3) is 0 Å². The monoisotopic (exact) mass is 295 g/mol. The number of nitro benzene ring substituents is 1. The van der Waals surface area contributed by atoms with Crippen LogP contribution in [-0.4, -0.2) is 22.6 Å². The minimum absolute atomic E-state index is 0.172. The maximum absolute atomic E-state index is 11.2. The molecule has 1 rings (SSSR count). The SMILES string of the molecule is CCCCC(CC)COc1ccc([N+](=O)[O-])cc1C(=O)O. The zero-order valence-corrected chi connectivity index (χ0v) is 12.4. The number of carboxylic acid groups (broad SMARTS) is 1. The maximum atomic E-state index is 11.2. The van der Waals surface area contributed by atoms with Gasteiger partial charge in [-0.2, -0.15) is 0 Å². The Hall–Kier alpha value is -2.11. The zero-order chi connectivity index (χ0) is 15.8. The van der Waals surface area contributed by atoms with Gasteiger partial charge in [-0.1, -0.05) is 33.1 Å². The highest BCUT2D eigenvalue weighted by atomic mass is 16.6. The Bertz CT molecular complexity index is 501. The third-order valence-corrected chi connectivity index (χ3v) is 3.42. The summed E-state index contributed by atoms with van der Waals surface area (Å²) in [7, 11) is 0. The lowest BCUT2D eigenvalue weighted by molar-refractivity contribution is -0.384. The van der Waals surface area contributed by atoms with Gasteiger partial charge in [-0.3, -0.25) is 10.1 Å². The highest BCUT2D eigenvalue weighted by Crippen LogP contribution is 2.25. The number of benzene rings is 1. The highest BCUT2D eigenvalue weighted by molar-refractivity contribution is 5.91. The van der Waals surface area contributed by atoms with Gasteiger partial charge in [0.1, 0.15) is 11.3 Å². The van der Waals surface area contributed by atoms with Crippen LogP contribution in [0.15, 0.2) is 18.2 Å². The van der Waals surface area contributed by atoms with Crippen LogP contribution in [0.2, 0.25) is 0 Å². The second-order valence-corrected chi connectivity index (χ2v) is 4.97. The number of non-ortho nitro benzene ring substituents is 1. The number of unbranched alkanes of at least 4 members (excludes halogenated alkanes) is 1. The molecule has 0 fully saturated rings. The quantitative estimate of drug-likeness (QED) is 0.551. The normalized spacial score (nSPS) is 11.9. The van der Waals surface area contributed by atoms with Gasteiger partial charge in [-0.05, 0) is 18.4 Å². The van der Waals surface area contributed by atoms with E-state index in [-0.39, 0.29) is 17.0 Å². The van der Waals surface area contributed by atoms with Gasteiger partial charge in [0.15, 0.2) is 0 Å². The smallest absolute Gasteiger partial charge is 0.339 e. The van der Waals surface area contributed by atoms with E-state index in [0.717, 1.165) is 31.7 Å². The van der Waals surface area contributed by atoms with E-state index in [1.807, 2.05) is 0 Å². The lowest BCUT2D eigenvalue weighted by Gasteiger charge is -2.16. The van der Waals surface area contributed by atoms with Crippen molar-refractivity contribution in [3.05, 3.63) is 33.9 Å². The molecule has 0 aliphatic heterocycles. The second kappa shape index (κ2) is 8.24. The minimum Gasteiger partial charge on any atom is -0.492 e. The number of nitrogens with zero attached hydrogens (tertiary/aromatic N) is 1. The lowest BCUT2D eigenvalue weighted by atomic mass is 10.0. The Morgan fingerprint density at radius 2 is 2.14 bits per heavy atom. The van der Waals surface area contributed by atoms with E-state index in [1.54, 1.807) is 0 Å². The molecule has 1 atom stereocenters. The highest BCUT2D eigenvalue weighted by Gasteiger charge is 2.18. The molecule has 6 heteroatoms. The molecule has 1 N–H and O–H groups in total. The number of ether oxygens (including phenoxy) is 1. The summed E-state index contributed by atoms with van der Waals surface area (Å²) in [6, 6.07) is 3.65. The van der Waals surface area contributed by atoms with Crippen LogP contribution in [0.4, 0.5) is 5.69 Å². The van der Waals surface area contributed by atoms with Crippen molar-refractivity contribution in [2.24, 2.45) is 5.92 Å². The molecule has 21 heavy (non-hydrogen) atoms. The molecule has 0 radical (unpaired) electrons. The fourth-order valence-corrected chi connectivity index (χ4v) is 2.03. The lowest BCUT2D eigenvalue weighted by Crippen LogP contribution is -2.13. The van der Waals surface area contributed by atoms with Crippen molar-refractivity contribution in [3.63, 3.8) is 0 Å². The van der Waals surface area contributed by atoms with Gasteiger partial charge < -0.3 is 9.84 Å². The fourth-order valence-electron chi connectivity index (χ4n) is 2.03. The summed E-state index contributed by atoms with van der Waals surface area (Å²) < 4.78 is 5.58. The Morgan fingerprint density at radius 1 is 1.43 bits per heavy atom. The number of carboxylic acids is 1. The number of hydrogen-bond acceptors (Lipinski definition) is 4. The van der Waals surface area contributed by atoms with Crippen molar-refractivity contribution < 1.29 is 19.6 Å². The van der Waals surface area contributed by atoms with Crippen molar-refractivity contribution in [2.75, 3.05) is 6.61 Å². The molecule has 0 amide bonds. The molecule has 1 aromatic carbocycles. The van der Waals surface area contributed by atoms with Crippen molar-refractivity contribution in [2.45, 2.75) is 39.5 Å². The van der Waals surface area contributed by atoms with Crippen LogP contribution < -0.4 is 4.74 Å². The summed E-state index contributed by atoms with van der Waals surface area (Å²) in [5.41, 5.74) is -0.424. The summed E-state index contributed by atoms with van der Waals surface area (Å²) in [6.45, 7) is 4.61. The largest absolute Gasteiger partial charge is 0.492 e. The van der Waals surface area contributed by atoms with E-state index in [1.165, 1.54) is 12.1 Å². The van der Waals surface area contributed by atoms with Crippen LogP contribution in [0.1, 0.15) is 49.9 Å². The van der Waals surface area contributed by atoms with Crippen LogP contribution in [0, 0.1) is 16.0 Å². The summed E-state index contributed by atoms with van der Waals surface area (Å²) in [6.07, 6.45) is 4.19. The molecule has 0 aliphatic rings. The number of hydrogen-bond donors (Lipinski definition) is 1. The molecule has 1 unspecified atom stereocenters. The Labute approximate surface area is 123 Å². The molecule has 0 heterocycles. The van der Waals surface area contributed by atoms with E-state index >= 15 is 0 Å². The van der Waals surface area contributed by atoms with Crippen LogP contribution >= 0.6 is 0 Å². The van der Waals surface area contributed by atoms with Crippen molar-refractivity contribution in [3.8, 4) is 5.75 Å². The molecule has 6 nitrogen and oxygen atoms in total. The number of carbonyl (C=O) groups is 1. The van der Waals surface area contributed by atoms with E-state index < -0.39 is 10.9 Å². The molecular weight excluding hydrogens is 274 g/mol. The Balaban J connectivity index is 2.82. The van der Waals surface area contributed by atoms with E-state index in [0.29, 0.717) is 12.5 Å². The third kappa shape index (κ3) is 5.06. The van der Waals surface area contributed by atoms with Gasteiger partial charge in [0, 0.05) is 12.1 Å². The van der Waals surface area contributed by atoms with E-state index in [2.05, 4.69) is 13.8 Å². The topological polar surface area (TPSA) is 89.7 Å². The van der Waals surface area contributed by atoms with Crippen molar-refractivity contribution in [1.82, 2.24) is 0 Å². The Morgan fingerprint density at radius 3 is 2.67 bits per heavy atom. The minimum atomic E-state index is -1.23. The van der Waals surface area contributed by atoms with Crippen LogP contribution in [-0.2, 0) is 0 Å². The first-order valence-corrected chi connectivity index (χ1v) is 7.14. The van der Waals surface area contributed by atoms with Gasteiger partial charge in [-0.15, -0.1) is 0 Å². The molecular formula is C15H21NO5. The first kappa shape index (κ1) is 16.9. The number of aromatic carboxylic acids is 1. The van der Waals surface area contributed by atoms with Crippen molar-refractivity contribution in [1.29, 1.82) is 0 Å². The molecule has 0 saturated carbocycles. The average molecular weight is 295 g/mol. The average Bonchev–Trinajstić information content (AvgIpc) is 2.47. The molecule has 1 aromatic rings. The molecule has 0 aliphatic carbocycles. The predicted molar refractivity (Wildman–Crippen MR) is 78.9 cm³/mol. The second-order valence-electron chi connectivity index (χ2n) is 4.97. The molecule has 0 spiro atoms. The molecule has 116 valence electrons. The summed E-state index contributed by atoms with van der Waals surface area (Å²) in [4.78, 5) is 21.3. The van der Waals surface area contributed by atoms with Gasteiger partial charge >= 0.3 is 5.97 Å². The van der Waals surface area contributed by atoms with Gasteiger partial charge in [0.25, 0.3) is 5.69 Å². The Kier molecular flexibility index (Phi) is 6.65. The summed E-state index contributed by atoms with van der Waals surface area (Å²) in [5, 5.41) is 19.8. The number of rotatable bonds is 9. The van der Waals surface area contributed by atoms with Crippen molar-refractivity contribution >= 4 is 11.7 Å². The van der Waals surface area contributed by atoms with E-state index in [4.69, 9.17) is 9.84 Å². The first-order valence-electron chi connectivity index (χ1n) is 7.14. The van der Waals surface area contributed by atoms with Crippen LogP contribution in [0.5, 0.6) is 5.75 Å². The van der Waals surface area contributed by atoms with Gasteiger partial charge in [0.05, 0.1) is 11.5 Å². The summed E-state index contributed by atoms with van der Waals surface area (Å²) in [5.74, 6) is -0.680. The maximum Gasteiger partial charge on any atom is 0.339 e. The summed E-state index contributed by atoms with van der Waals surface area (Å²) >= 11 is 0. The predicted octanol–water partition coefficient (Wildman–Crippen LogP) is 3.89. The fraction of sp³-hybridized carbons (Fsp3) is 0.533. The zero-order valence-electron chi connectivity index (χ0n) is 12.4. The first-order chi connectivity index (χ1) is 9.99.